The van der Waals surface area contributed by atoms with Crippen LogP contribution in [0.3, 0.4) is 0 Å². The van der Waals surface area contributed by atoms with E-state index >= 15 is 0 Å². The van der Waals surface area contributed by atoms with Gasteiger partial charge in [0.15, 0.2) is 0 Å². The molecular formula is C16H26Cl2N2O. The summed E-state index contributed by atoms with van der Waals surface area (Å²) in [6.45, 7) is 7.64. The van der Waals surface area contributed by atoms with Crippen molar-refractivity contribution in [3.8, 4) is 5.75 Å². The second kappa shape index (κ2) is 9.52. The van der Waals surface area contributed by atoms with Crippen LogP contribution in [0.4, 0.5) is 0 Å². The van der Waals surface area contributed by atoms with Gasteiger partial charge in [-0.05, 0) is 63.1 Å². The molecule has 0 spiro atoms. The van der Waals surface area contributed by atoms with Gasteiger partial charge in [0.05, 0.1) is 7.11 Å². The van der Waals surface area contributed by atoms with Crippen molar-refractivity contribution in [2.24, 2.45) is 5.92 Å². The average molecular weight is 333 g/mol. The zero-order valence-corrected chi connectivity index (χ0v) is 14.5. The molecule has 1 heterocycles. The van der Waals surface area contributed by atoms with Gasteiger partial charge in [0.25, 0.3) is 0 Å². The molecule has 3 nitrogen and oxygen atoms in total. The molecule has 1 saturated heterocycles. The molecule has 1 N–H and O–H groups in total. The molecule has 5 heteroatoms. The van der Waals surface area contributed by atoms with Gasteiger partial charge in [-0.3, -0.25) is 4.90 Å². The summed E-state index contributed by atoms with van der Waals surface area (Å²) in [7, 11) is 1.72. The van der Waals surface area contributed by atoms with Crippen LogP contribution in [0.25, 0.3) is 0 Å². The third-order valence-electron chi connectivity index (χ3n) is 4.03. The predicted molar refractivity (Wildman–Crippen MR) is 91.8 cm³/mol. The zero-order chi connectivity index (χ0) is 14.4. The second-order valence-electron chi connectivity index (χ2n) is 5.48. The number of nitrogens with one attached hydrogen (secondary N) is 1. The highest BCUT2D eigenvalue weighted by atomic mass is 35.5. The Balaban J connectivity index is 0.00000220. The smallest absolute Gasteiger partial charge is 0.123 e. The largest absolute Gasteiger partial charge is 0.496 e. The molecule has 0 unspecified atom stereocenters. The maximum absolute atomic E-state index is 6.09. The van der Waals surface area contributed by atoms with Crippen LogP contribution in [0.2, 0.25) is 5.02 Å². The molecular weight excluding hydrogens is 307 g/mol. The van der Waals surface area contributed by atoms with Crippen molar-refractivity contribution < 1.29 is 4.74 Å². The molecule has 1 aliphatic rings. The van der Waals surface area contributed by atoms with Gasteiger partial charge < -0.3 is 10.1 Å². The van der Waals surface area contributed by atoms with Crippen LogP contribution in [0.15, 0.2) is 18.2 Å². The van der Waals surface area contributed by atoms with E-state index in [0.717, 1.165) is 49.4 Å². The van der Waals surface area contributed by atoms with Crippen LogP contribution in [0.5, 0.6) is 5.75 Å². The Morgan fingerprint density at radius 3 is 2.67 bits per heavy atom. The summed E-state index contributed by atoms with van der Waals surface area (Å²) in [4.78, 5) is 2.50. The first-order chi connectivity index (χ1) is 9.72. The lowest BCUT2D eigenvalue weighted by Crippen LogP contribution is -2.36. The minimum absolute atomic E-state index is 0. The van der Waals surface area contributed by atoms with Gasteiger partial charge in [0.1, 0.15) is 5.75 Å². The van der Waals surface area contributed by atoms with E-state index in [2.05, 4.69) is 17.1 Å². The number of ether oxygens (including phenoxy) is 1. The number of methoxy groups -OCH3 is 1. The fraction of sp³-hybridized carbons (Fsp3) is 0.625. The van der Waals surface area contributed by atoms with Gasteiger partial charge in [-0.25, -0.2) is 0 Å². The summed E-state index contributed by atoms with van der Waals surface area (Å²) in [6, 6.07) is 5.85. The van der Waals surface area contributed by atoms with Gasteiger partial charge in [-0.2, -0.15) is 0 Å². The fourth-order valence-corrected chi connectivity index (χ4v) is 3.00. The number of rotatable bonds is 6. The zero-order valence-electron chi connectivity index (χ0n) is 12.9. The molecule has 2 rings (SSSR count). The van der Waals surface area contributed by atoms with Gasteiger partial charge in [0, 0.05) is 17.1 Å². The highest BCUT2D eigenvalue weighted by Gasteiger charge is 2.19. The van der Waals surface area contributed by atoms with Gasteiger partial charge >= 0.3 is 0 Å². The number of likely N-dealkylation sites (tertiary alicyclic amines) is 1. The Labute approximate surface area is 139 Å². The van der Waals surface area contributed by atoms with Crippen LogP contribution in [-0.4, -0.2) is 38.2 Å². The maximum Gasteiger partial charge on any atom is 0.123 e. The summed E-state index contributed by atoms with van der Waals surface area (Å²) in [5, 5.41) is 4.23. The van der Waals surface area contributed by atoms with E-state index in [1.807, 2.05) is 18.2 Å². The standard InChI is InChI=1S/C16H25ClN2O.ClH/c1-3-18-11-13-6-8-19(9-7-13)12-14-10-15(17)4-5-16(14)20-2;/h4-5,10,13,18H,3,6-9,11-12H2,1-2H3;1H. The Kier molecular flexibility index (Phi) is 8.42. The minimum atomic E-state index is 0. The summed E-state index contributed by atoms with van der Waals surface area (Å²) in [6.07, 6.45) is 2.55. The van der Waals surface area contributed by atoms with E-state index in [0.29, 0.717) is 0 Å². The van der Waals surface area contributed by atoms with E-state index < -0.39 is 0 Å². The lowest BCUT2D eigenvalue weighted by molar-refractivity contribution is 0.174. The molecule has 1 aromatic rings. The molecule has 120 valence electrons. The van der Waals surface area contributed by atoms with Crippen molar-refractivity contribution in [2.45, 2.75) is 26.3 Å². The first-order valence-corrected chi connectivity index (χ1v) is 7.86. The van der Waals surface area contributed by atoms with E-state index in [9.17, 15) is 0 Å². The fourth-order valence-electron chi connectivity index (χ4n) is 2.81. The third kappa shape index (κ3) is 5.67. The van der Waals surface area contributed by atoms with Crippen molar-refractivity contribution in [3.63, 3.8) is 0 Å². The quantitative estimate of drug-likeness (QED) is 0.861. The molecule has 1 aromatic carbocycles. The number of hydrogen-bond donors (Lipinski definition) is 1. The van der Waals surface area contributed by atoms with Crippen LogP contribution < -0.4 is 10.1 Å². The molecule has 21 heavy (non-hydrogen) atoms. The van der Waals surface area contributed by atoms with Crippen molar-refractivity contribution in [1.82, 2.24) is 10.2 Å². The van der Waals surface area contributed by atoms with Crippen LogP contribution in [0, 0.1) is 5.92 Å². The van der Waals surface area contributed by atoms with E-state index in [4.69, 9.17) is 16.3 Å². The Morgan fingerprint density at radius 1 is 1.33 bits per heavy atom. The SMILES string of the molecule is CCNCC1CCN(Cc2cc(Cl)ccc2OC)CC1.Cl. The monoisotopic (exact) mass is 332 g/mol. The Bertz CT molecular complexity index is 421. The van der Waals surface area contributed by atoms with Crippen LogP contribution in [-0.2, 0) is 6.54 Å². The van der Waals surface area contributed by atoms with Gasteiger partial charge in [0.2, 0.25) is 0 Å². The molecule has 0 bridgehead atoms. The summed E-state index contributed by atoms with van der Waals surface area (Å²) >= 11 is 6.09. The first-order valence-electron chi connectivity index (χ1n) is 7.48. The number of benzene rings is 1. The molecule has 0 radical (unpaired) electrons. The maximum atomic E-state index is 6.09. The Morgan fingerprint density at radius 2 is 2.05 bits per heavy atom. The third-order valence-corrected chi connectivity index (χ3v) is 4.26. The van der Waals surface area contributed by atoms with Crippen molar-refractivity contribution in [3.05, 3.63) is 28.8 Å². The van der Waals surface area contributed by atoms with Crippen LogP contribution in [0.1, 0.15) is 25.3 Å². The topological polar surface area (TPSA) is 24.5 Å². The number of nitrogens with zero attached hydrogens (tertiary/aromatic N) is 1. The van der Waals surface area contributed by atoms with Crippen LogP contribution >= 0.6 is 24.0 Å². The normalized spacial score (nSPS) is 16.5. The summed E-state index contributed by atoms with van der Waals surface area (Å²) in [5.41, 5.74) is 1.19. The molecule has 0 saturated carbocycles. The molecule has 0 aromatic heterocycles. The minimum Gasteiger partial charge on any atom is -0.496 e. The number of hydrogen-bond acceptors (Lipinski definition) is 3. The number of piperidine rings is 1. The molecule has 0 atom stereocenters. The lowest BCUT2D eigenvalue weighted by Gasteiger charge is -2.32. The van der Waals surface area contributed by atoms with Crippen molar-refractivity contribution in [2.75, 3.05) is 33.3 Å². The number of halogens is 2. The van der Waals surface area contributed by atoms with Crippen molar-refractivity contribution >= 4 is 24.0 Å². The Hall–Kier alpha value is -0.480. The van der Waals surface area contributed by atoms with E-state index in [-0.39, 0.29) is 12.4 Å². The first kappa shape index (κ1) is 18.6. The summed E-state index contributed by atoms with van der Waals surface area (Å²) in [5.74, 6) is 1.76. The lowest BCUT2D eigenvalue weighted by atomic mass is 9.96. The molecule has 0 aliphatic carbocycles. The average Bonchev–Trinajstić information content (AvgIpc) is 2.47. The van der Waals surface area contributed by atoms with E-state index in [1.165, 1.54) is 18.4 Å². The second-order valence-corrected chi connectivity index (χ2v) is 5.92. The molecule has 1 fully saturated rings. The van der Waals surface area contributed by atoms with Crippen molar-refractivity contribution in [1.29, 1.82) is 0 Å². The molecule has 1 aliphatic heterocycles. The highest BCUT2D eigenvalue weighted by molar-refractivity contribution is 6.30. The van der Waals surface area contributed by atoms with E-state index in [1.54, 1.807) is 7.11 Å². The predicted octanol–water partition coefficient (Wildman–Crippen LogP) is 3.59. The highest BCUT2D eigenvalue weighted by Crippen LogP contribution is 2.26. The molecule has 0 amide bonds. The summed E-state index contributed by atoms with van der Waals surface area (Å²) < 4.78 is 5.42. The van der Waals surface area contributed by atoms with Gasteiger partial charge in [-0.1, -0.05) is 18.5 Å². The van der Waals surface area contributed by atoms with Gasteiger partial charge in [-0.15, -0.1) is 12.4 Å².